The Kier molecular flexibility index (Phi) is 4.24. The lowest BCUT2D eigenvalue weighted by atomic mass is 10.1. The molecule has 3 aromatic rings. The Labute approximate surface area is 140 Å². The second-order valence-electron chi connectivity index (χ2n) is 5.56. The molecule has 2 N–H and O–H groups in total. The zero-order valence-corrected chi connectivity index (χ0v) is 13.4. The molecule has 5 heteroatoms. The van der Waals surface area contributed by atoms with E-state index in [9.17, 15) is 9.90 Å². The van der Waals surface area contributed by atoms with Gasteiger partial charge in [0.25, 0.3) is 0 Å². The number of hydrogen-bond donors (Lipinski definition) is 2. The maximum atomic E-state index is 11.3. The second kappa shape index (κ2) is 6.50. The average Bonchev–Trinajstić information content (AvgIpc) is 2.54. The molecular weight excluding hydrogens is 302 g/mol. The molecule has 1 heterocycles. The zero-order valence-electron chi connectivity index (χ0n) is 13.4. The summed E-state index contributed by atoms with van der Waals surface area (Å²) >= 11 is 0. The molecule has 0 aliphatic heterocycles. The van der Waals surface area contributed by atoms with E-state index in [4.69, 9.17) is 0 Å². The lowest BCUT2D eigenvalue weighted by Crippen LogP contribution is -2.04. The maximum absolute atomic E-state index is 11.3. The number of aromatic carboxylic acids is 1. The molecule has 5 nitrogen and oxygen atoms in total. The van der Waals surface area contributed by atoms with Gasteiger partial charge in [0.1, 0.15) is 5.82 Å². The van der Waals surface area contributed by atoms with Gasteiger partial charge in [-0.15, -0.1) is 0 Å². The second-order valence-corrected chi connectivity index (χ2v) is 5.56. The van der Waals surface area contributed by atoms with E-state index in [0.29, 0.717) is 17.3 Å². The van der Waals surface area contributed by atoms with Crippen molar-refractivity contribution in [3.63, 3.8) is 0 Å². The number of nitrogens with one attached hydrogen (secondary N) is 1. The first kappa shape index (κ1) is 15.7. The topological polar surface area (TPSA) is 75.1 Å². The molecule has 0 amide bonds. The van der Waals surface area contributed by atoms with Crippen LogP contribution in [-0.2, 0) is 0 Å². The van der Waals surface area contributed by atoms with Crippen molar-refractivity contribution in [1.82, 2.24) is 9.97 Å². The van der Waals surface area contributed by atoms with Gasteiger partial charge in [-0.1, -0.05) is 35.9 Å². The van der Waals surface area contributed by atoms with Crippen molar-refractivity contribution in [2.45, 2.75) is 13.8 Å². The number of rotatable bonds is 4. The van der Waals surface area contributed by atoms with Gasteiger partial charge in [-0.2, -0.15) is 0 Å². The van der Waals surface area contributed by atoms with Crippen molar-refractivity contribution in [2.75, 3.05) is 5.32 Å². The number of carbonyl (C=O) groups is 1. The molecule has 0 radical (unpaired) electrons. The van der Waals surface area contributed by atoms with Crippen LogP contribution in [0.1, 0.15) is 21.6 Å². The highest BCUT2D eigenvalue weighted by molar-refractivity contribution is 5.95. The van der Waals surface area contributed by atoms with Crippen molar-refractivity contribution in [1.29, 1.82) is 0 Å². The Morgan fingerprint density at radius 2 is 1.79 bits per heavy atom. The molecule has 0 aliphatic rings. The van der Waals surface area contributed by atoms with E-state index in [1.165, 1.54) is 0 Å². The SMILES string of the molecule is Cc1cccc(-c2nc(C)cc(Nc3ccccc3C(=O)O)n2)c1. The molecule has 0 bridgehead atoms. The van der Waals surface area contributed by atoms with Crippen LogP contribution in [0, 0.1) is 13.8 Å². The first-order chi connectivity index (χ1) is 11.5. The van der Waals surface area contributed by atoms with Gasteiger partial charge in [0.05, 0.1) is 11.3 Å². The number of aryl methyl sites for hydroxylation is 2. The van der Waals surface area contributed by atoms with Crippen LogP contribution in [0.3, 0.4) is 0 Å². The first-order valence-electron chi connectivity index (χ1n) is 7.55. The van der Waals surface area contributed by atoms with Crippen LogP contribution in [0.5, 0.6) is 0 Å². The smallest absolute Gasteiger partial charge is 0.337 e. The van der Waals surface area contributed by atoms with Gasteiger partial charge in [-0.05, 0) is 32.0 Å². The van der Waals surface area contributed by atoms with Gasteiger partial charge in [0, 0.05) is 17.3 Å². The number of aromatic nitrogens is 2. The minimum atomic E-state index is -0.984. The molecule has 0 unspecified atom stereocenters. The maximum Gasteiger partial charge on any atom is 0.337 e. The fraction of sp³-hybridized carbons (Fsp3) is 0.105. The third-order valence-corrected chi connectivity index (χ3v) is 3.55. The number of nitrogens with zero attached hydrogens (tertiary/aromatic N) is 2. The van der Waals surface area contributed by atoms with Crippen molar-refractivity contribution in [3.8, 4) is 11.4 Å². The molecule has 1 aromatic heterocycles. The summed E-state index contributed by atoms with van der Waals surface area (Å²) < 4.78 is 0. The third-order valence-electron chi connectivity index (χ3n) is 3.55. The van der Waals surface area contributed by atoms with Crippen LogP contribution in [0.15, 0.2) is 54.6 Å². The molecular formula is C19H17N3O2. The minimum absolute atomic E-state index is 0.200. The summed E-state index contributed by atoms with van der Waals surface area (Å²) in [6, 6.07) is 16.5. The number of carboxylic acids is 1. The van der Waals surface area contributed by atoms with Crippen molar-refractivity contribution >= 4 is 17.5 Å². The van der Waals surface area contributed by atoms with Crippen LogP contribution < -0.4 is 5.32 Å². The molecule has 0 aliphatic carbocycles. The molecule has 0 atom stereocenters. The summed E-state index contributed by atoms with van der Waals surface area (Å²) in [5, 5.41) is 12.4. The summed E-state index contributed by atoms with van der Waals surface area (Å²) in [4.78, 5) is 20.3. The molecule has 0 saturated carbocycles. The van der Waals surface area contributed by atoms with Crippen LogP contribution in [0.2, 0.25) is 0 Å². The van der Waals surface area contributed by atoms with Gasteiger partial charge in [0.15, 0.2) is 5.82 Å². The summed E-state index contributed by atoms with van der Waals surface area (Å²) in [7, 11) is 0. The number of benzene rings is 2. The van der Waals surface area contributed by atoms with Gasteiger partial charge in [-0.25, -0.2) is 14.8 Å². The van der Waals surface area contributed by atoms with Crippen LogP contribution in [-0.4, -0.2) is 21.0 Å². The third kappa shape index (κ3) is 3.41. The lowest BCUT2D eigenvalue weighted by Gasteiger charge is -2.11. The number of para-hydroxylation sites is 1. The molecule has 0 spiro atoms. The zero-order chi connectivity index (χ0) is 17.1. The van der Waals surface area contributed by atoms with Crippen molar-refractivity contribution < 1.29 is 9.90 Å². The normalized spacial score (nSPS) is 10.4. The molecule has 0 saturated heterocycles. The van der Waals surface area contributed by atoms with E-state index in [1.54, 1.807) is 30.3 Å². The average molecular weight is 319 g/mol. The Balaban J connectivity index is 2.00. The summed E-state index contributed by atoms with van der Waals surface area (Å²) in [6.45, 7) is 3.90. The number of anilines is 2. The fourth-order valence-corrected chi connectivity index (χ4v) is 2.46. The van der Waals surface area contributed by atoms with E-state index in [1.807, 2.05) is 38.1 Å². The molecule has 24 heavy (non-hydrogen) atoms. The first-order valence-corrected chi connectivity index (χ1v) is 7.55. The van der Waals surface area contributed by atoms with E-state index in [0.717, 1.165) is 16.8 Å². The molecule has 0 fully saturated rings. The Hall–Kier alpha value is -3.21. The predicted octanol–water partition coefficient (Wildman–Crippen LogP) is 4.20. The highest BCUT2D eigenvalue weighted by atomic mass is 16.4. The lowest BCUT2D eigenvalue weighted by molar-refractivity contribution is 0.0698. The Morgan fingerprint density at radius 3 is 2.54 bits per heavy atom. The van der Waals surface area contributed by atoms with Gasteiger partial charge in [-0.3, -0.25) is 0 Å². The van der Waals surface area contributed by atoms with E-state index in [2.05, 4.69) is 15.3 Å². The largest absolute Gasteiger partial charge is 0.478 e. The quantitative estimate of drug-likeness (QED) is 0.753. The highest BCUT2D eigenvalue weighted by Crippen LogP contribution is 2.23. The molecule has 2 aromatic carbocycles. The Morgan fingerprint density at radius 1 is 1.00 bits per heavy atom. The number of hydrogen-bond acceptors (Lipinski definition) is 4. The highest BCUT2D eigenvalue weighted by Gasteiger charge is 2.11. The standard InChI is InChI=1S/C19H17N3O2/c1-12-6-5-7-14(10-12)18-20-13(2)11-17(22-18)21-16-9-4-3-8-15(16)19(23)24/h3-11H,1-2H3,(H,23,24)(H,20,21,22). The van der Waals surface area contributed by atoms with Gasteiger partial charge in [0.2, 0.25) is 0 Å². The molecule has 120 valence electrons. The van der Waals surface area contributed by atoms with Crippen molar-refractivity contribution in [3.05, 3.63) is 71.4 Å². The number of carboxylic acid groups (broad SMARTS) is 1. The minimum Gasteiger partial charge on any atom is -0.478 e. The van der Waals surface area contributed by atoms with Crippen LogP contribution >= 0.6 is 0 Å². The summed E-state index contributed by atoms with van der Waals surface area (Å²) in [5.41, 5.74) is 3.55. The van der Waals surface area contributed by atoms with E-state index in [-0.39, 0.29) is 5.56 Å². The summed E-state index contributed by atoms with van der Waals surface area (Å²) in [6.07, 6.45) is 0. The van der Waals surface area contributed by atoms with Gasteiger partial charge >= 0.3 is 5.97 Å². The van der Waals surface area contributed by atoms with Crippen LogP contribution in [0.4, 0.5) is 11.5 Å². The van der Waals surface area contributed by atoms with E-state index >= 15 is 0 Å². The Bertz CT molecular complexity index is 907. The van der Waals surface area contributed by atoms with E-state index < -0.39 is 5.97 Å². The summed E-state index contributed by atoms with van der Waals surface area (Å²) in [5.74, 6) is 0.185. The predicted molar refractivity (Wildman–Crippen MR) is 93.6 cm³/mol. The fourth-order valence-electron chi connectivity index (χ4n) is 2.46. The molecule has 3 rings (SSSR count). The van der Waals surface area contributed by atoms with Crippen molar-refractivity contribution in [2.24, 2.45) is 0 Å². The monoisotopic (exact) mass is 319 g/mol. The van der Waals surface area contributed by atoms with Gasteiger partial charge < -0.3 is 10.4 Å². The van der Waals surface area contributed by atoms with Crippen LogP contribution in [0.25, 0.3) is 11.4 Å².